The number of fused-ring (bicyclic) bond motifs is 1. The van der Waals surface area contributed by atoms with E-state index in [1.807, 2.05) is 12.2 Å². The quantitative estimate of drug-likeness (QED) is 0.576. The summed E-state index contributed by atoms with van der Waals surface area (Å²) in [6.07, 6.45) is 7.35. The van der Waals surface area contributed by atoms with Crippen molar-refractivity contribution in [3.63, 3.8) is 0 Å². The zero-order valence-corrected chi connectivity index (χ0v) is 12.2. The van der Waals surface area contributed by atoms with Gasteiger partial charge in [0, 0.05) is 6.04 Å². The van der Waals surface area contributed by atoms with Gasteiger partial charge in [-0.15, -0.1) is 0 Å². The topological polar surface area (TPSA) is 69.7 Å². The standard InChI is InChI=1S/C15H21N3O3/c1-17(8-13(19)16-10-6-7-10)9-18-14(20)11-4-2-3-5-12(11)15(18)21/h2-3,10-12H,4-9H2,1H3,(H,16,19)/t11-,12+. The van der Waals surface area contributed by atoms with E-state index in [0.29, 0.717) is 18.9 Å². The van der Waals surface area contributed by atoms with Crippen molar-refractivity contribution >= 4 is 17.7 Å². The van der Waals surface area contributed by atoms with E-state index < -0.39 is 0 Å². The average Bonchev–Trinajstić information content (AvgIpc) is 3.23. The summed E-state index contributed by atoms with van der Waals surface area (Å²) >= 11 is 0. The molecule has 3 aliphatic rings. The van der Waals surface area contributed by atoms with Gasteiger partial charge in [-0.2, -0.15) is 0 Å². The number of carbonyl (C=O) groups is 3. The third-order valence-electron chi connectivity index (χ3n) is 4.34. The smallest absolute Gasteiger partial charge is 0.234 e. The van der Waals surface area contributed by atoms with E-state index in [4.69, 9.17) is 0 Å². The zero-order chi connectivity index (χ0) is 15.0. The first-order valence-electron chi connectivity index (χ1n) is 7.54. The van der Waals surface area contributed by atoms with Gasteiger partial charge < -0.3 is 5.32 Å². The number of imide groups is 1. The monoisotopic (exact) mass is 291 g/mol. The normalized spacial score (nSPS) is 28.2. The van der Waals surface area contributed by atoms with Crippen molar-refractivity contribution in [2.75, 3.05) is 20.3 Å². The lowest BCUT2D eigenvalue weighted by Gasteiger charge is -2.22. The van der Waals surface area contributed by atoms with E-state index in [1.165, 1.54) is 4.90 Å². The minimum Gasteiger partial charge on any atom is -0.352 e. The molecule has 1 aliphatic heterocycles. The van der Waals surface area contributed by atoms with Gasteiger partial charge in [0.25, 0.3) is 0 Å². The summed E-state index contributed by atoms with van der Waals surface area (Å²) in [7, 11) is 1.76. The SMILES string of the molecule is CN(CC(=O)NC1CC1)CN1C(=O)[C@H]2CC=CC[C@H]2C1=O. The molecule has 3 rings (SSSR count). The molecule has 2 atom stereocenters. The predicted molar refractivity (Wildman–Crippen MR) is 75.9 cm³/mol. The summed E-state index contributed by atoms with van der Waals surface area (Å²) in [5.41, 5.74) is 0. The number of amides is 3. The Morgan fingerprint density at radius 2 is 1.81 bits per heavy atom. The summed E-state index contributed by atoms with van der Waals surface area (Å²) < 4.78 is 0. The van der Waals surface area contributed by atoms with Crippen molar-refractivity contribution in [3.8, 4) is 0 Å². The first-order valence-corrected chi connectivity index (χ1v) is 7.54. The number of rotatable bonds is 5. The van der Waals surface area contributed by atoms with Gasteiger partial charge >= 0.3 is 0 Å². The molecule has 2 fully saturated rings. The van der Waals surface area contributed by atoms with Crippen LogP contribution >= 0.6 is 0 Å². The van der Waals surface area contributed by atoms with Gasteiger partial charge in [0.15, 0.2) is 0 Å². The highest BCUT2D eigenvalue weighted by molar-refractivity contribution is 6.05. The van der Waals surface area contributed by atoms with Crippen LogP contribution in [0.5, 0.6) is 0 Å². The molecule has 0 bridgehead atoms. The summed E-state index contributed by atoms with van der Waals surface area (Å²) in [6.45, 7) is 0.407. The highest BCUT2D eigenvalue weighted by Crippen LogP contribution is 2.34. The highest BCUT2D eigenvalue weighted by Gasteiger charge is 2.47. The van der Waals surface area contributed by atoms with Crippen LogP contribution in [0.2, 0.25) is 0 Å². The lowest BCUT2D eigenvalue weighted by molar-refractivity contribution is -0.143. The summed E-state index contributed by atoms with van der Waals surface area (Å²) in [5.74, 6) is -0.627. The lowest BCUT2D eigenvalue weighted by Crippen LogP contribution is -2.44. The molecule has 0 radical (unpaired) electrons. The Labute approximate surface area is 124 Å². The fourth-order valence-electron chi connectivity index (χ4n) is 3.05. The summed E-state index contributed by atoms with van der Waals surface area (Å²) in [4.78, 5) is 39.4. The van der Waals surface area contributed by atoms with Gasteiger partial charge in [-0.3, -0.25) is 24.2 Å². The number of hydrogen-bond acceptors (Lipinski definition) is 4. The Bertz CT molecular complexity index is 472. The van der Waals surface area contributed by atoms with Crippen molar-refractivity contribution < 1.29 is 14.4 Å². The molecule has 21 heavy (non-hydrogen) atoms. The van der Waals surface area contributed by atoms with Crippen LogP contribution in [-0.2, 0) is 14.4 Å². The van der Waals surface area contributed by atoms with Crippen LogP contribution in [0, 0.1) is 11.8 Å². The molecule has 114 valence electrons. The van der Waals surface area contributed by atoms with E-state index >= 15 is 0 Å². The Hall–Kier alpha value is -1.69. The molecule has 0 aromatic carbocycles. The maximum absolute atomic E-state index is 12.3. The second-order valence-corrected chi connectivity index (χ2v) is 6.26. The van der Waals surface area contributed by atoms with Crippen LogP contribution in [0.4, 0.5) is 0 Å². The van der Waals surface area contributed by atoms with Crippen molar-refractivity contribution in [1.29, 1.82) is 0 Å². The molecular weight excluding hydrogens is 270 g/mol. The van der Waals surface area contributed by atoms with Gasteiger partial charge in [-0.05, 0) is 32.7 Å². The fraction of sp³-hybridized carbons (Fsp3) is 0.667. The first kappa shape index (κ1) is 14.3. The number of carbonyl (C=O) groups excluding carboxylic acids is 3. The molecule has 1 N–H and O–H groups in total. The maximum atomic E-state index is 12.3. The number of nitrogens with zero attached hydrogens (tertiary/aromatic N) is 2. The van der Waals surface area contributed by atoms with E-state index in [-0.39, 0.29) is 42.8 Å². The number of likely N-dealkylation sites (N-methyl/N-ethyl adjacent to an activating group) is 1. The van der Waals surface area contributed by atoms with E-state index in [9.17, 15) is 14.4 Å². The summed E-state index contributed by atoms with van der Waals surface area (Å²) in [6, 6.07) is 0.329. The van der Waals surface area contributed by atoms with Crippen molar-refractivity contribution in [3.05, 3.63) is 12.2 Å². The average molecular weight is 291 g/mol. The van der Waals surface area contributed by atoms with Gasteiger partial charge in [0.2, 0.25) is 17.7 Å². The van der Waals surface area contributed by atoms with Crippen LogP contribution in [0.15, 0.2) is 12.2 Å². The predicted octanol–water partition coefficient (Wildman–Crippen LogP) is 0.106. The van der Waals surface area contributed by atoms with Crippen LogP contribution in [-0.4, -0.2) is 53.8 Å². The van der Waals surface area contributed by atoms with Gasteiger partial charge in [-0.1, -0.05) is 12.2 Å². The Balaban J connectivity index is 1.55. The second kappa shape index (κ2) is 5.60. The van der Waals surface area contributed by atoms with Gasteiger partial charge in [0.1, 0.15) is 0 Å². The molecule has 0 unspecified atom stereocenters. The first-order chi connectivity index (χ1) is 10.1. The Morgan fingerprint density at radius 1 is 1.24 bits per heavy atom. The molecule has 3 amide bonds. The minimum atomic E-state index is -0.198. The zero-order valence-electron chi connectivity index (χ0n) is 12.2. The van der Waals surface area contributed by atoms with E-state index in [1.54, 1.807) is 11.9 Å². The van der Waals surface area contributed by atoms with E-state index in [2.05, 4.69) is 5.32 Å². The summed E-state index contributed by atoms with van der Waals surface area (Å²) in [5, 5.41) is 2.90. The Kier molecular flexibility index (Phi) is 3.80. The molecule has 0 spiro atoms. The number of hydrogen-bond donors (Lipinski definition) is 1. The van der Waals surface area contributed by atoms with Crippen LogP contribution < -0.4 is 5.32 Å². The van der Waals surface area contributed by atoms with Crippen molar-refractivity contribution in [2.24, 2.45) is 11.8 Å². The molecular formula is C15H21N3O3. The molecule has 6 nitrogen and oxygen atoms in total. The highest BCUT2D eigenvalue weighted by atomic mass is 16.2. The van der Waals surface area contributed by atoms with E-state index in [0.717, 1.165) is 12.8 Å². The minimum absolute atomic E-state index is 0.0434. The number of allylic oxidation sites excluding steroid dienone is 2. The molecule has 2 aliphatic carbocycles. The largest absolute Gasteiger partial charge is 0.352 e. The van der Waals surface area contributed by atoms with Crippen molar-refractivity contribution in [1.82, 2.24) is 15.1 Å². The third kappa shape index (κ3) is 3.00. The molecule has 1 heterocycles. The fourth-order valence-corrected chi connectivity index (χ4v) is 3.05. The molecule has 0 aromatic rings. The Morgan fingerprint density at radius 3 is 2.33 bits per heavy atom. The van der Waals surface area contributed by atoms with Crippen LogP contribution in [0.3, 0.4) is 0 Å². The second-order valence-electron chi connectivity index (χ2n) is 6.26. The lowest BCUT2D eigenvalue weighted by atomic mass is 9.85. The van der Waals surface area contributed by atoms with Gasteiger partial charge in [0.05, 0.1) is 25.0 Å². The third-order valence-corrected chi connectivity index (χ3v) is 4.34. The molecule has 1 saturated heterocycles. The van der Waals surface area contributed by atoms with Crippen molar-refractivity contribution in [2.45, 2.75) is 31.7 Å². The number of nitrogens with one attached hydrogen (secondary N) is 1. The molecule has 0 aromatic heterocycles. The molecule has 1 saturated carbocycles. The number of likely N-dealkylation sites (tertiary alicyclic amines) is 1. The van der Waals surface area contributed by atoms with Crippen LogP contribution in [0.1, 0.15) is 25.7 Å². The maximum Gasteiger partial charge on any atom is 0.234 e. The molecule has 6 heteroatoms. The van der Waals surface area contributed by atoms with Crippen LogP contribution in [0.25, 0.3) is 0 Å². The van der Waals surface area contributed by atoms with Gasteiger partial charge in [-0.25, -0.2) is 0 Å².